The standard InChI is InChI=1S/C19H26ClN3O.HI/c1-21-18(23(2)12-13-4-6-14(20)7-5-13)22-16-15-8-11-24-17(15)19(16)9-3-10-19;/h4-7,15-17H,3,8-12H2,1-2H3,(H,21,22);1H. The van der Waals surface area contributed by atoms with Gasteiger partial charge >= 0.3 is 0 Å². The van der Waals surface area contributed by atoms with Crippen LogP contribution in [0.3, 0.4) is 0 Å². The molecule has 1 spiro atoms. The van der Waals surface area contributed by atoms with Gasteiger partial charge in [0.2, 0.25) is 0 Å². The molecular weight excluding hydrogens is 449 g/mol. The fourth-order valence-corrected chi connectivity index (χ4v) is 5.00. The van der Waals surface area contributed by atoms with Gasteiger partial charge in [0.25, 0.3) is 0 Å². The third kappa shape index (κ3) is 3.28. The monoisotopic (exact) mass is 475 g/mol. The Labute approximate surface area is 172 Å². The summed E-state index contributed by atoms with van der Waals surface area (Å²) in [5.41, 5.74) is 1.61. The van der Waals surface area contributed by atoms with E-state index in [9.17, 15) is 0 Å². The summed E-state index contributed by atoms with van der Waals surface area (Å²) in [7, 11) is 3.97. The molecule has 0 aromatic heterocycles. The van der Waals surface area contributed by atoms with Crippen molar-refractivity contribution in [3.63, 3.8) is 0 Å². The van der Waals surface area contributed by atoms with Crippen LogP contribution in [0.1, 0.15) is 31.2 Å². The van der Waals surface area contributed by atoms with Crippen molar-refractivity contribution in [2.24, 2.45) is 16.3 Å². The molecule has 1 aromatic rings. The first-order chi connectivity index (χ1) is 11.6. The minimum atomic E-state index is 0. The van der Waals surface area contributed by atoms with E-state index in [1.165, 1.54) is 31.2 Å². The van der Waals surface area contributed by atoms with Gasteiger partial charge in [0.05, 0.1) is 6.10 Å². The fourth-order valence-electron chi connectivity index (χ4n) is 4.88. The van der Waals surface area contributed by atoms with Crippen LogP contribution in [-0.2, 0) is 11.3 Å². The van der Waals surface area contributed by atoms with E-state index in [1.54, 1.807) is 0 Å². The Morgan fingerprint density at radius 3 is 2.68 bits per heavy atom. The van der Waals surface area contributed by atoms with E-state index in [0.29, 0.717) is 23.5 Å². The second-order valence-corrected chi connectivity index (χ2v) is 7.92. The number of ether oxygens (including phenoxy) is 1. The second-order valence-electron chi connectivity index (χ2n) is 7.48. The molecule has 3 atom stereocenters. The molecule has 6 heteroatoms. The summed E-state index contributed by atoms with van der Waals surface area (Å²) >= 11 is 5.98. The maximum Gasteiger partial charge on any atom is 0.193 e. The fraction of sp³-hybridized carbons (Fsp3) is 0.632. The molecule has 3 aliphatic rings. The van der Waals surface area contributed by atoms with Crippen molar-refractivity contribution in [3.05, 3.63) is 34.9 Å². The van der Waals surface area contributed by atoms with Gasteiger partial charge in [-0.1, -0.05) is 30.2 Å². The average molecular weight is 476 g/mol. The Hall–Kier alpha value is -0.530. The van der Waals surface area contributed by atoms with Gasteiger partial charge in [0.15, 0.2) is 5.96 Å². The Morgan fingerprint density at radius 2 is 2.08 bits per heavy atom. The van der Waals surface area contributed by atoms with Crippen molar-refractivity contribution in [1.29, 1.82) is 0 Å². The number of nitrogens with one attached hydrogen (secondary N) is 1. The quantitative estimate of drug-likeness (QED) is 0.409. The minimum absolute atomic E-state index is 0. The lowest BCUT2D eigenvalue weighted by Gasteiger charge is -2.63. The maximum atomic E-state index is 6.02. The highest BCUT2D eigenvalue weighted by atomic mass is 127. The molecule has 25 heavy (non-hydrogen) atoms. The summed E-state index contributed by atoms with van der Waals surface area (Å²) in [6, 6.07) is 8.55. The van der Waals surface area contributed by atoms with Gasteiger partial charge in [-0.05, 0) is 37.0 Å². The van der Waals surface area contributed by atoms with Crippen molar-refractivity contribution in [2.45, 2.75) is 44.4 Å². The van der Waals surface area contributed by atoms with Crippen LogP contribution in [-0.4, -0.2) is 43.7 Å². The SMILES string of the molecule is CN=C(NC1C2CCOC2C12CCC2)N(C)Cc1ccc(Cl)cc1.I. The highest BCUT2D eigenvalue weighted by Crippen LogP contribution is 2.62. The summed E-state index contributed by atoms with van der Waals surface area (Å²) in [6.45, 7) is 1.75. The molecule has 0 radical (unpaired) electrons. The number of hydrogen-bond acceptors (Lipinski definition) is 2. The van der Waals surface area contributed by atoms with Gasteiger partial charge in [-0.3, -0.25) is 4.99 Å². The normalized spacial score (nSPS) is 29.2. The lowest BCUT2D eigenvalue weighted by Crippen LogP contribution is -2.72. The average Bonchev–Trinajstić information content (AvgIpc) is 2.94. The zero-order chi connectivity index (χ0) is 16.7. The predicted molar refractivity (Wildman–Crippen MR) is 113 cm³/mol. The van der Waals surface area contributed by atoms with Crippen LogP contribution in [0.4, 0.5) is 0 Å². The summed E-state index contributed by atoms with van der Waals surface area (Å²) in [4.78, 5) is 6.72. The molecule has 1 aromatic carbocycles. The molecule has 1 heterocycles. The van der Waals surface area contributed by atoms with Crippen LogP contribution in [0.15, 0.2) is 29.3 Å². The lowest BCUT2D eigenvalue weighted by atomic mass is 9.46. The van der Waals surface area contributed by atoms with Gasteiger partial charge in [0.1, 0.15) is 0 Å². The molecule has 3 unspecified atom stereocenters. The van der Waals surface area contributed by atoms with E-state index in [2.05, 4.69) is 34.4 Å². The molecule has 4 rings (SSSR count). The zero-order valence-electron chi connectivity index (χ0n) is 14.9. The Morgan fingerprint density at radius 1 is 1.36 bits per heavy atom. The Balaban J connectivity index is 0.00000182. The van der Waals surface area contributed by atoms with Crippen LogP contribution in [0.2, 0.25) is 5.02 Å². The van der Waals surface area contributed by atoms with Crippen molar-refractivity contribution >= 4 is 41.5 Å². The summed E-state index contributed by atoms with van der Waals surface area (Å²) in [6.07, 6.45) is 5.60. The van der Waals surface area contributed by atoms with E-state index < -0.39 is 0 Å². The van der Waals surface area contributed by atoms with E-state index in [4.69, 9.17) is 16.3 Å². The molecule has 3 fully saturated rings. The van der Waals surface area contributed by atoms with E-state index in [1.807, 2.05) is 19.2 Å². The van der Waals surface area contributed by atoms with Gasteiger partial charge < -0.3 is 15.0 Å². The Kier molecular flexibility index (Phi) is 5.85. The van der Waals surface area contributed by atoms with Gasteiger partial charge in [0, 0.05) is 49.6 Å². The van der Waals surface area contributed by atoms with Crippen LogP contribution in [0.5, 0.6) is 0 Å². The number of benzene rings is 1. The smallest absolute Gasteiger partial charge is 0.193 e. The number of nitrogens with zero attached hydrogens (tertiary/aromatic N) is 2. The highest BCUT2D eigenvalue weighted by molar-refractivity contribution is 14.0. The molecule has 4 nitrogen and oxygen atoms in total. The summed E-state index contributed by atoms with van der Waals surface area (Å²) in [5, 5.41) is 4.54. The first-order valence-electron chi connectivity index (χ1n) is 8.94. The highest BCUT2D eigenvalue weighted by Gasteiger charge is 2.66. The summed E-state index contributed by atoms with van der Waals surface area (Å²) < 4.78 is 6.02. The molecule has 0 amide bonds. The van der Waals surface area contributed by atoms with Gasteiger partial charge in [-0.15, -0.1) is 24.0 Å². The van der Waals surface area contributed by atoms with Crippen LogP contribution in [0.25, 0.3) is 0 Å². The van der Waals surface area contributed by atoms with E-state index in [-0.39, 0.29) is 24.0 Å². The van der Waals surface area contributed by atoms with Gasteiger partial charge in [-0.2, -0.15) is 0 Å². The number of rotatable bonds is 3. The van der Waals surface area contributed by atoms with Crippen LogP contribution < -0.4 is 5.32 Å². The minimum Gasteiger partial charge on any atom is -0.377 e. The van der Waals surface area contributed by atoms with Crippen molar-refractivity contribution < 1.29 is 4.74 Å². The van der Waals surface area contributed by atoms with Crippen LogP contribution >= 0.6 is 35.6 Å². The van der Waals surface area contributed by atoms with E-state index >= 15 is 0 Å². The Bertz CT molecular complexity index is 632. The third-order valence-corrected chi connectivity index (χ3v) is 6.48. The van der Waals surface area contributed by atoms with E-state index in [0.717, 1.165) is 24.1 Å². The first kappa shape index (κ1) is 19.2. The first-order valence-corrected chi connectivity index (χ1v) is 9.32. The molecular formula is C19H27ClIN3O. The summed E-state index contributed by atoms with van der Waals surface area (Å²) in [5.74, 6) is 1.64. The molecule has 1 N–H and O–H groups in total. The van der Waals surface area contributed by atoms with Gasteiger partial charge in [-0.25, -0.2) is 0 Å². The number of hydrogen-bond donors (Lipinski definition) is 1. The van der Waals surface area contributed by atoms with Crippen molar-refractivity contribution in [2.75, 3.05) is 20.7 Å². The second kappa shape index (κ2) is 7.61. The molecule has 1 aliphatic heterocycles. The van der Waals surface area contributed by atoms with Crippen molar-refractivity contribution in [1.82, 2.24) is 10.2 Å². The largest absolute Gasteiger partial charge is 0.377 e. The lowest BCUT2D eigenvalue weighted by molar-refractivity contribution is -0.171. The molecule has 1 saturated heterocycles. The van der Waals surface area contributed by atoms with Crippen LogP contribution in [0, 0.1) is 11.3 Å². The number of aliphatic imine (C=N–C) groups is 1. The number of fused-ring (bicyclic) bond motifs is 2. The van der Waals surface area contributed by atoms with Crippen molar-refractivity contribution in [3.8, 4) is 0 Å². The molecule has 0 bridgehead atoms. The number of guanidine groups is 1. The predicted octanol–water partition coefficient (Wildman–Crippen LogP) is 3.92. The number of halogens is 2. The molecule has 2 aliphatic carbocycles. The topological polar surface area (TPSA) is 36.9 Å². The zero-order valence-corrected chi connectivity index (χ0v) is 18.0. The third-order valence-electron chi connectivity index (χ3n) is 6.23. The molecule has 2 saturated carbocycles. The maximum absolute atomic E-state index is 6.02. The molecule has 138 valence electrons.